The second-order valence-electron chi connectivity index (χ2n) is 15.9. The summed E-state index contributed by atoms with van der Waals surface area (Å²) in [6.45, 7) is 4.81. The van der Waals surface area contributed by atoms with Crippen LogP contribution in [-0.2, 0) is 33.0 Å². The first kappa shape index (κ1) is 38.3. The molecule has 12 heteroatoms. The van der Waals surface area contributed by atoms with Gasteiger partial charge in [-0.15, -0.1) is 11.3 Å². The summed E-state index contributed by atoms with van der Waals surface area (Å²) in [7, 11) is 1.96. The van der Waals surface area contributed by atoms with Crippen molar-refractivity contribution in [3.05, 3.63) is 137 Å². The molecule has 0 saturated carbocycles. The number of thiophene rings is 1. The molecule has 0 spiro atoms. The second-order valence-corrected chi connectivity index (χ2v) is 16.8. The van der Waals surface area contributed by atoms with Gasteiger partial charge >= 0.3 is 0 Å². The molecule has 0 unspecified atom stereocenters. The van der Waals surface area contributed by atoms with Crippen LogP contribution >= 0.6 is 11.3 Å². The number of β-amino-alcohol motifs (C(OH)–C–C–N with tert-alkyl or cyclic N) is 2. The zero-order chi connectivity index (χ0) is 40.6. The number of aliphatic hydroxyl groups is 2. The molecule has 60 heavy (non-hydrogen) atoms. The lowest BCUT2D eigenvalue weighted by molar-refractivity contribution is 0.0637. The van der Waals surface area contributed by atoms with Crippen LogP contribution in [0.4, 0.5) is 0 Å². The Hall–Kier alpha value is -5.89. The van der Waals surface area contributed by atoms with E-state index in [2.05, 4.69) is 68.9 Å². The van der Waals surface area contributed by atoms with Gasteiger partial charge in [-0.05, 0) is 89.0 Å². The van der Waals surface area contributed by atoms with Gasteiger partial charge in [0, 0.05) is 63.0 Å². The van der Waals surface area contributed by atoms with Crippen molar-refractivity contribution < 1.29 is 24.2 Å². The van der Waals surface area contributed by atoms with E-state index in [1.807, 2.05) is 72.4 Å². The highest BCUT2D eigenvalue weighted by atomic mass is 32.1. The van der Waals surface area contributed by atoms with Gasteiger partial charge in [0.25, 0.3) is 5.71 Å². The third-order valence-corrected chi connectivity index (χ3v) is 12.5. The van der Waals surface area contributed by atoms with Crippen LogP contribution in [-0.4, -0.2) is 91.5 Å². The molecule has 0 aliphatic carbocycles. The van der Waals surface area contributed by atoms with E-state index in [1.165, 1.54) is 22.3 Å². The number of hydrogen-bond donors (Lipinski definition) is 2. The molecule has 0 amide bonds. The highest BCUT2D eigenvalue weighted by Gasteiger charge is 2.22. The minimum Gasteiger partial charge on any atom is -0.491 e. The van der Waals surface area contributed by atoms with E-state index < -0.39 is 12.2 Å². The van der Waals surface area contributed by atoms with Crippen LogP contribution in [0.3, 0.4) is 0 Å². The molecule has 0 bridgehead atoms. The van der Waals surface area contributed by atoms with E-state index in [1.54, 1.807) is 11.3 Å². The Labute approximate surface area is 352 Å². The van der Waals surface area contributed by atoms with E-state index in [4.69, 9.17) is 24.1 Å². The molecule has 4 aromatic heterocycles. The molecule has 2 atom stereocenters. The fraction of sp³-hybridized carbons (Fsp3) is 0.271. The van der Waals surface area contributed by atoms with Gasteiger partial charge in [0.15, 0.2) is 0 Å². The molecule has 11 nitrogen and oxygen atoms in total. The van der Waals surface area contributed by atoms with Crippen molar-refractivity contribution in [1.82, 2.24) is 29.7 Å². The van der Waals surface area contributed by atoms with E-state index in [0.29, 0.717) is 36.0 Å². The number of nitrogens with zero attached hydrogens (tertiary/aromatic N) is 6. The van der Waals surface area contributed by atoms with Gasteiger partial charge in [0.05, 0.1) is 21.3 Å². The van der Waals surface area contributed by atoms with Gasteiger partial charge in [-0.3, -0.25) is 14.5 Å². The summed E-state index contributed by atoms with van der Waals surface area (Å²) in [4.78, 5) is 9.44. The normalized spacial score (nSPS) is 15.5. The van der Waals surface area contributed by atoms with Gasteiger partial charge in [0.2, 0.25) is 0 Å². The molecule has 4 aromatic carbocycles. The third-order valence-electron chi connectivity index (χ3n) is 11.6. The predicted octanol–water partition coefficient (Wildman–Crippen LogP) is 7.77. The molecule has 2 aliphatic rings. The fourth-order valence-corrected chi connectivity index (χ4v) is 9.49. The number of benzene rings is 4. The van der Waals surface area contributed by atoms with Crippen LogP contribution in [0.1, 0.15) is 22.3 Å². The van der Waals surface area contributed by atoms with E-state index in [-0.39, 0.29) is 13.2 Å². The zero-order valence-electron chi connectivity index (χ0n) is 33.4. The molecule has 6 heterocycles. The minimum absolute atomic E-state index is 0.196. The summed E-state index contributed by atoms with van der Waals surface area (Å²) in [6.07, 6.45) is 0.635. The Morgan fingerprint density at radius 2 is 1.35 bits per heavy atom. The SMILES string of the molecule is Cn1nc(-c2cccc(OC[C@H](O)CN3CCc4ccc(-c5ccc6c(-c7cccc(OC[C@H](O)CN8CCc9ccccc9C8)c7)noc6n5)cc4C3)c2)c2sccc21. The molecule has 0 saturated heterocycles. The average Bonchev–Trinajstić information content (AvgIpc) is 4.02. The van der Waals surface area contributed by atoms with Crippen molar-refractivity contribution in [3.8, 4) is 45.3 Å². The maximum Gasteiger partial charge on any atom is 0.258 e. The van der Waals surface area contributed by atoms with Crippen molar-refractivity contribution in [2.24, 2.45) is 7.05 Å². The van der Waals surface area contributed by atoms with E-state index >= 15 is 0 Å². The number of ether oxygens (including phenoxy) is 2. The highest BCUT2D eigenvalue weighted by molar-refractivity contribution is 7.17. The van der Waals surface area contributed by atoms with Crippen LogP contribution in [0.25, 0.3) is 55.1 Å². The van der Waals surface area contributed by atoms with Crippen molar-refractivity contribution in [1.29, 1.82) is 0 Å². The lowest BCUT2D eigenvalue weighted by Gasteiger charge is -2.30. The molecule has 8 aromatic rings. The summed E-state index contributed by atoms with van der Waals surface area (Å²) in [5, 5.41) is 33.9. The van der Waals surface area contributed by atoms with Gasteiger partial charge in [-0.1, -0.05) is 65.8 Å². The number of fused-ring (bicyclic) bond motifs is 4. The Balaban J connectivity index is 0.752. The van der Waals surface area contributed by atoms with Crippen molar-refractivity contribution in [3.63, 3.8) is 0 Å². The standard InChI is InChI=1S/C48H46N6O5S/c1-52-44-18-21-60-47(44)46(50-52)35-9-5-11-41(24-35)58-30-39(56)28-54-20-17-32-12-13-33(22-37(32)26-54)43-15-14-42-45(51-59-48(42)49-43)34-8-4-10-40(23-34)57-29-38(55)27-53-19-16-31-6-2-3-7-36(31)25-53/h2-15,18,21-24,38-39,55-56H,16-17,19-20,25-30H2,1H3/t38-,39-/m1/s1. The summed E-state index contributed by atoms with van der Waals surface area (Å²) >= 11 is 1.68. The molecular weight excluding hydrogens is 773 g/mol. The lowest BCUT2D eigenvalue weighted by atomic mass is 9.96. The number of rotatable bonds is 13. The van der Waals surface area contributed by atoms with Gasteiger partial charge in [-0.25, -0.2) is 4.98 Å². The Morgan fingerprint density at radius 3 is 2.08 bits per heavy atom. The Bertz CT molecular complexity index is 2800. The maximum atomic E-state index is 11.1. The topological polar surface area (TPSA) is 122 Å². The molecule has 304 valence electrons. The monoisotopic (exact) mass is 818 g/mol. The van der Waals surface area contributed by atoms with Crippen molar-refractivity contribution in [2.75, 3.05) is 39.4 Å². The first-order valence-corrected chi connectivity index (χ1v) is 21.4. The first-order chi connectivity index (χ1) is 29.4. The summed E-state index contributed by atoms with van der Waals surface area (Å²) in [5.74, 6) is 1.37. The Morgan fingerprint density at radius 1 is 0.683 bits per heavy atom. The number of hydrogen-bond acceptors (Lipinski definition) is 11. The number of aryl methyl sites for hydroxylation is 1. The van der Waals surface area contributed by atoms with Crippen LogP contribution in [0.5, 0.6) is 11.5 Å². The Kier molecular flexibility index (Phi) is 10.6. The molecule has 10 rings (SSSR count). The van der Waals surface area contributed by atoms with Crippen LogP contribution in [0.15, 0.2) is 119 Å². The van der Waals surface area contributed by atoms with Gasteiger partial charge < -0.3 is 24.2 Å². The van der Waals surface area contributed by atoms with Crippen molar-refractivity contribution >= 4 is 32.7 Å². The van der Waals surface area contributed by atoms with Crippen LogP contribution in [0, 0.1) is 0 Å². The third kappa shape index (κ3) is 8.04. The number of aliphatic hydroxyl groups excluding tert-OH is 2. The molecule has 2 N–H and O–H groups in total. The largest absolute Gasteiger partial charge is 0.491 e. The predicted molar refractivity (Wildman–Crippen MR) is 234 cm³/mol. The lowest BCUT2D eigenvalue weighted by Crippen LogP contribution is -2.38. The number of pyridine rings is 1. The quantitative estimate of drug-likeness (QED) is 0.119. The summed E-state index contributed by atoms with van der Waals surface area (Å²) in [5.41, 5.74) is 12.1. The minimum atomic E-state index is -0.649. The second kappa shape index (κ2) is 16.6. The molecular formula is C48H46N6O5S. The van der Waals surface area contributed by atoms with Crippen LogP contribution < -0.4 is 9.47 Å². The first-order valence-electron chi connectivity index (χ1n) is 20.5. The van der Waals surface area contributed by atoms with Crippen molar-refractivity contribution in [2.45, 2.75) is 38.1 Å². The smallest absolute Gasteiger partial charge is 0.258 e. The number of aromatic nitrogens is 4. The van der Waals surface area contributed by atoms with E-state index in [0.717, 1.165) is 82.7 Å². The molecule has 2 aliphatic heterocycles. The van der Waals surface area contributed by atoms with Gasteiger partial charge in [-0.2, -0.15) is 5.10 Å². The average molecular weight is 819 g/mol. The van der Waals surface area contributed by atoms with Gasteiger partial charge in [0.1, 0.15) is 48.3 Å². The molecule has 0 fully saturated rings. The highest BCUT2D eigenvalue weighted by Crippen LogP contribution is 2.35. The fourth-order valence-electron chi connectivity index (χ4n) is 8.56. The summed E-state index contributed by atoms with van der Waals surface area (Å²) < 4.78 is 21.0. The zero-order valence-corrected chi connectivity index (χ0v) is 34.2. The summed E-state index contributed by atoms with van der Waals surface area (Å²) in [6, 6.07) is 36.8. The maximum absolute atomic E-state index is 11.1. The molecule has 0 radical (unpaired) electrons. The van der Waals surface area contributed by atoms with E-state index in [9.17, 15) is 10.2 Å². The van der Waals surface area contributed by atoms with Crippen LogP contribution in [0.2, 0.25) is 0 Å².